The van der Waals surface area contributed by atoms with E-state index in [-0.39, 0.29) is 0 Å². The highest BCUT2D eigenvalue weighted by Gasteiger charge is 2.28. The molecule has 0 spiro atoms. The second-order valence-corrected chi connectivity index (χ2v) is 10.9. The molecule has 2 saturated carbocycles. The summed E-state index contributed by atoms with van der Waals surface area (Å²) in [7, 11) is 0. The zero-order chi connectivity index (χ0) is 25.5. The van der Waals surface area contributed by atoms with Crippen LogP contribution < -0.4 is 0 Å². The topological polar surface area (TPSA) is 38.1 Å². The maximum absolute atomic E-state index is 13.5. The van der Waals surface area contributed by atoms with Crippen LogP contribution >= 0.6 is 0 Å². The normalized spacial score (nSPS) is 21.9. The van der Waals surface area contributed by atoms with Crippen LogP contribution in [0.25, 0.3) is 16.6 Å². The first-order valence-electron chi connectivity index (χ1n) is 14.7. The fraction of sp³-hybridized carbons (Fsp3) is 0.625. The fourth-order valence-electron chi connectivity index (χ4n) is 6.62. The van der Waals surface area contributed by atoms with E-state index in [9.17, 15) is 4.79 Å². The van der Waals surface area contributed by atoms with Gasteiger partial charge in [-0.15, -0.1) is 0 Å². The molecule has 4 rings (SSSR count). The Kier molecular flexibility index (Phi) is 9.45. The molecule has 2 aliphatic rings. The summed E-state index contributed by atoms with van der Waals surface area (Å²) in [6, 6.07) is 7.10. The number of imidazole rings is 1. The summed E-state index contributed by atoms with van der Waals surface area (Å²) in [5.41, 5.74) is 4.68. The molecule has 0 saturated heterocycles. The van der Waals surface area contributed by atoms with E-state index in [4.69, 9.17) is 4.98 Å². The van der Waals surface area contributed by atoms with Crippen LogP contribution in [0.2, 0.25) is 0 Å². The molecule has 2 fully saturated rings. The summed E-state index contributed by atoms with van der Waals surface area (Å²) in [5.74, 6) is 2.87. The number of carbonyl (C=O) groups is 1. The zero-order valence-electron chi connectivity index (χ0n) is 23.1. The zero-order valence-corrected chi connectivity index (χ0v) is 23.1. The Morgan fingerprint density at radius 2 is 1.81 bits per heavy atom. The number of aromatic nitrogens is 2. The highest BCUT2D eigenvalue weighted by molar-refractivity contribution is 5.84. The number of fused-ring (bicyclic) bond motifs is 1. The van der Waals surface area contributed by atoms with Crippen LogP contribution in [0.3, 0.4) is 0 Å². The third-order valence-electron chi connectivity index (χ3n) is 8.78. The van der Waals surface area contributed by atoms with Crippen molar-refractivity contribution < 1.29 is 4.79 Å². The smallest absolute Gasteiger partial charge is 0.224 e. The van der Waals surface area contributed by atoms with Gasteiger partial charge in [-0.3, -0.25) is 4.79 Å². The lowest BCUT2D eigenvalue weighted by atomic mass is 9.80. The summed E-state index contributed by atoms with van der Waals surface area (Å²) in [4.78, 5) is 20.8. The maximum atomic E-state index is 13.5. The van der Waals surface area contributed by atoms with Gasteiger partial charge in [0.15, 0.2) is 0 Å². The lowest BCUT2D eigenvalue weighted by Crippen LogP contribution is -2.41. The molecule has 2 aromatic rings. The lowest BCUT2D eigenvalue weighted by Gasteiger charge is -2.34. The quantitative estimate of drug-likeness (QED) is 0.332. The van der Waals surface area contributed by atoms with Crippen LogP contribution in [-0.4, -0.2) is 32.9 Å². The third-order valence-corrected chi connectivity index (χ3v) is 8.78. The fourth-order valence-corrected chi connectivity index (χ4v) is 6.62. The monoisotopic (exact) mass is 489 g/mol. The van der Waals surface area contributed by atoms with Crippen LogP contribution in [0.15, 0.2) is 36.4 Å². The van der Waals surface area contributed by atoms with E-state index in [1.54, 1.807) is 0 Å². The minimum atomic E-state index is 0.311. The van der Waals surface area contributed by atoms with Gasteiger partial charge in [-0.05, 0) is 88.5 Å². The molecule has 0 N–H and O–H groups in total. The summed E-state index contributed by atoms with van der Waals surface area (Å²) >= 11 is 0. The van der Waals surface area contributed by atoms with Crippen molar-refractivity contribution in [3.05, 3.63) is 47.8 Å². The van der Waals surface area contributed by atoms with E-state index < -0.39 is 0 Å². The largest absolute Gasteiger partial charge is 0.340 e. The first-order chi connectivity index (χ1) is 17.6. The summed E-state index contributed by atoms with van der Waals surface area (Å²) in [5, 5.41) is 0. The molecule has 36 heavy (non-hydrogen) atoms. The Labute approximate surface area is 218 Å². The first-order valence-corrected chi connectivity index (χ1v) is 14.7. The number of aryl methyl sites for hydroxylation is 1. The second-order valence-electron chi connectivity index (χ2n) is 10.9. The second kappa shape index (κ2) is 12.7. The van der Waals surface area contributed by atoms with E-state index in [0.717, 1.165) is 24.5 Å². The number of hydrogen-bond acceptors (Lipinski definition) is 2. The highest BCUT2D eigenvalue weighted by Crippen LogP contribution is 2.38. The van der Waals surface area contributed by atoms with Gasteiger partial charge in [-0.1, -0.05) is 56.9 Å². The Morgan fingerprint density at radius 3 is 2.44 bits per heavy atom. The molecule has 1 heterocycles. The first kappa shape index (κ1) is 26.7. The standard InChI is InChI=1S/C32H47N3O/c1-5-12-25(7-3)27-19-20-29-30(23-27)35(32(33-29)26-17-15-24(6-2)16-18-26)22-21-31(36)34(8-4)28-13-10-9-11-14-28/h5,7,12,19-20,23-24,26,28H,6,8-11,13-18,21-22H2,1-4H3/b12-5-,25-7+/t24-,26-. The van der Waals surface area contributed by atoms with Gasteiger partial charge in [0.2, 0.25) is 5.91 Å². The number of benzene rings is 1. The van der Waals surface area contributed by atoms with E-state index in [0.29, 0.717) is 24.3 Å². The minimum Gasteiger partial charge on any atom is -0.340 e. The Balaban J connectivity index is 1.63. The molecule has 0 aliphatic heterocycles. The van der Waals surface area contributed by atoms with Crippen molar-refractivity contribution in [3.63, 3.8) is 0 Å². The van der Waals surface area contributed by atoms with Crippen molar-refractivity contribution in [1.29, 1.82) is 0 Å². The Hall–Kier alpha value is -2.36. The van der Waals surface area contributed by atoms with Crippen molar-refractivity contribution >= 4 is 22.5 Å². The van der Waals surface area contributed by atoms with Gasteiger partial charge in [0.25, 0.3) is 0 Å². The molecule has 1 aromatic heterocycles. The van der Waals surface area contributed by atoms with Crippen molar-refractivity contribution in [3.8, 4) is 0 Å². The minimum absolute atomic E-state index is 0.311. The molecule has 4 heteroatoms. The van der Waals surface area contributed by atoms with Crippen molar-refractivity contribution in [2.75, 3.05) is 6.54 Å². The van der Waals surface area contributed by atoms with Crippen molar-refractivity contribution in [1.82, 2.24) is 14.5 Å². The Morgan fingerprint density at radius 1 is 1.06 bits per heavy atom. The number of carbonyl (C=O) groups excluding carboxylic acids is 1. The number of allylic oxidation sites excluding steroid dienone is 4. The molecule has 0 radical (unpaired) electrons. The van der Waals surface area contributed by atoms with Gasteiger partial charge in [0.05, 0.1) is 11.0 Å². The summed E-state index contributed by atoms with van der Waals surface area (Å²) in [6.07, 6.45) is 19.5. The van der Waals surface area contributed by atoms with Crippen LogP contribution in [0.1, 0.15) is 116 Å². The van der Waals surface area contributed by atoms with E-state index in [1.807, 2.05) is 0 Å². The van der Waals surface area contributed by atoms with Gasteiger partial charge in [-0.2, -0.15) is 0 Å². The molecule has 0 unspecified atom stereocenters. The molecule has 1 amide bonds. The highest BCUT2D eigenvalue weighted by atomic mass is 16.2. The van der Waals surface area contributed by atoms with Crippen LogP contribution in [-0.2, 0) is 11.3 Å². The number of nitrogens with zero attached hydrogens (tertiary/aromatic N) is 3. The molecule has 0 bridgehead atoms. The molecule has 2 aliphatic carbocycles. The molecule has 196 valence electrons. The van der Waals surface area contributed by atoms with Gasteiger partial charge in [-0.25, -0.2) is 4.98 Å². The SMILES string of the molecule is C/C=C\C(=C/C)c1ccc2nc([C@H]3CC[C@H](CC)CC3)n(CCC(=O)N(CC)C3CCCCC3)c2c1. The van der Waals surface area contributed by atoms with Gasteiger partial charge in [0, 0.05) is 31.5 Å². The van der Waals surface area contributed by atoms with Crippen LogP contribution in [0, 0.1) is 5.92 Å². The van der Waals surface area contributed by atoms with Crippen molar-refractivity contribution in [2.45, 2.75) is 117 Å². The molecule has 1 aromatic carbocycles. The predicted molar refractivity (Wildman–Crippen MR) is 152 cm³/mol. The van der Waals surface area contributed by atoms with Crippen LogP contribution in [0.5, 0.6) is 0 Å². The average molecular weight is 490 g/mol. The molecular formula is C32H47N3O. The molecule has 0 atom stereocenters. The molecular weight excluding hydrogens is 442 g/mol. The number of hydrogen-bond donors (Lipinski definition) is 0. The van der Waals surface area contributed by atoms with Crippen molar-refractivity contribution in [2.24, 2.45) is 5.92 Å². The third kappa shape index (κ3) is 5.95. The van der Waals surface area contributed by atoms with E-state index in [1.165, 1.54) is 86.7 Å². The van der Waals surface area contributed by atoms with Crippen LogP contribution in [0.4, 0.5) is 0 Å². The van der Waals surface area contributed by atoms with Gasteiger partial charge in [0.1, 0.15) is 5.82 Å². The summed E-state index contributed by atoms with van der Waals surface area (Å²) in [6.45, 7) is 10.2. The number of rotatable bonds is 9. The van der Waals surface area contributed by atoms with Gasteiger partial charge >= 0.3 is 0 Å². The predicted octanol–water partition coefficient (Wildman–Crippen LogP) is 8.27. The van der Waals surface area contributed by atoms with E-state index >= 15 is 0 Å². The maximum Gasteiger partial charge on any atom is 0.224 e. The van der Waals surface area contributed by atoms with E-state index in [2.05, 4.69) is 73.6 Å². The molecule has 4 nitrogen and oxygen atoms in total. The lowest BCUT2D eigenvalue weighted by molar-refractivity contribution is -0.134. The average Bonchev–Trinajstić information content (AvgIpc) is 3.29. The summed E-state index contributed by atoms with van der Waals surface area (Å²) < 4.78 is 2.41. The Bertz CT molecular complexity index is 1060. The number of amides is 1. The van der Waals surface area contributed by atoms with Gasteiger partial charge < -0.3 is 9.47 Å².